The molecular formula is C54H55NS. The van der Waals surface area contributed by atoms with Gasteiger partial charge in [-0.2, -0.15) is 0 Å². The van der Waals surface area contributed by atoms with Gasteiger partial charge in [0.2, 0.25) is 0 Å². The van der Waals surface area contributed by atoms with Crippen LogP contribution in [0.4, 0.5) is 0 Å². The van der Waals surface area contributed by atoms with Crippen LogP contribution in [0.1, 0.15) is 95.0 Å². The van der Waals surface area contributed by atoms with E-state index in [2.05, 4.69) is 114 Å². The van der Waals surface area contributed by atoms with E-state index in [4.69, 9.17) is 0 Å². The topological polar surface area (TPSA) is 4.93 Å². The molecule has 2 aromatic heterocycles. The van der Waals surface area contributed by atoms with Gasteiger partial charge in [-0.1, -0.05) is 105 Å². The first-order valence-electron chi connectivity index (χ1n) is 22.8. The lowest BCUT2D eigenvalue weighted by Gasteiger charge is -2.67. The SMILES string of the molecule is c1cc(-c2cccc3c2sc2ccc(-n4c5ccccc5c5ccccc54)cc23)cc(C2CCC3C(C2)C2CCCC4C5CCCCC5C5CCCC3C5C42)c1. The first-order valence-corrected chi connectivity index (χ1v) is 23.6. The van der Waals surface area contributed by atoms with Gasteiger partial charge >= 0.3 is 0 Å². The van der Waals surface area contributed by atoms with E-state index in [1.54, 1.807) is 44.1 Å². The molecule has 6 fully saturated rings. The van der Waals surface area contributed by atoms with Crippen molar-refractivity contribution in [1.29, 1.82) is 0 Å². The Morgan fingerprint density at radius 1 is 0.446 bits per heavy atom. The van der Waals surface area contributed by atoms with Gasteiger partial charge in [0.25, 0.3) is 0 Å². The van der Waals surface area contributed by atoms with Gasteiger partial charge in [0.05, 0.1) is 11.0 Å². The fourth-order valence-corrected chi connectivity index (χ4v) is 17.1. The normalized spacial score (nSPS) is 33.7. The van der Waals surface area contributed by atoms with Crippen molar-refractivity contribution in [2.45, 2.75) is 89.4 Å². The Morgan fingerprint density at radius 3 is 1.77 bits per heavy atom. The largest absolute Gasteiger partial charge is 0.309 e. The molecule has 282 valence electrons. The second kappa shape index (κ2) is 12.8. The van der Waals surface area contributed by atoms with Crippen LogP contribution in [0.5, 0.6) is 0 Å². The van der Waals surface area contributed by atoms with Crippen molar-refractivity contribution in [1.82, 2.24) is 4.57 Å². The minimum atomic E-state index is 0.717. The van der Waals surface area contributed by atoms with Gasteiger partial charge < -0.3 is 4.57 Å². The molecule has 6 aliphatic carbocycles. The van der Waals surface area contributed by atoms with Gasteiger partial charge in [0, 0.05) is 36.6 Å². The summed E-state index contributed by atoms with van der Waals surface area (Å²) in [7, 11) is 0. The highest BCUT2D eigenvalue weighted by molar-refractivity contribution is 7.26. The smallest absolute Gasteiger partial charge is 0.0541 e. The molecule has 0 spiro atoms. The predicted molar refractivity (Wildman–Crippen MR) is 237 cm³/mol. The number of para-hydroxylation sites is 2. The number of hydrogen-bond acceptors (Lipinski definition) is 1. The van der Waals surface area contributed by atoms with Crippen molar-refractivity contribution in [3.8, 4) is 16.8 Å². The Kier molecular flexibility index (Phi) is 7.58. The van der Waals surface area contributed by atoms with E-state index in [0.717, 1.165) is 59.2 Å². The quantitative estimate of drug-likeness (QED) is 0.170. The summed E-state index contributed by atoms with van der Waals surface area (Å²) in [5.41, 5.74) is 8.23. The monoisotopic (exact) mass is 749 g/mol. The molecule has 0 bridgehead atoms. The summed E-state index contributed by atoms with van der Waals surface area (Å²) in [5, 5.41) is 5.39. The second-order valence-electron chi connectivity index (χ2n) is 19.6. The van der Waals surface area contributed by atoms with E-state index in [9.17, 15) is 0 Å². The standard InChI is InChI=1S/C54H55NS/c1-2-14-38-37(13-1)42-18-9-20-44-39-27-25-33(30-47(39)45-21-10-19-43(38)53(45)52(42)44)32-11-7-12-34(29-32)36-17-8-22-46-48-31-35(26-28-51(48)56-54(36)46)55-49-23-5-3-15-40(49)41-16-4-6-24-50(41)55/h3-8,11-12,15-17,22-24,26,28-29,31,33,37-39,42-45,47,52-53H,1-2,9-10,13-14,18-21,25,27,30H2. The van der Waals surface area contributed by atoms with Crippen LogP contribution in [-0.2, 0) is 0 Å². The van der Waals surface area contributed by atoms with Crippen molar-refractivity contribution in [3.63, 3.8) is 0 Å². The highest BCUT2D eigenvalue weighted by Crippen LogP contribution is 2.69. The number of hydrogen-bond donors (Lipinski definition) is 0. The summed E-state index contributed by atoms with van der Waals surface area (Å²) in [6.45, 7) is 0. The van der Waals surface area contributed by atoms with Crippen LogP contribution in [0.15, 0.2) is 109 Å². The van der Waals surface area contributed by atoms with E-state index < -0.39 is 0 Å². The molecule has 0 radical (unpaired) electrons. The molecule has 0 aliphatic heterocycles. The zero-order chi connectivity index (χ0) is 36.5. The molecule has 11 unspecified atom stereocenters. The molecule has 0 amide bonds. The first kappa shape index (κ1) is 33.1. The Hall–Kier alpha value is -3.88. The van der Waals surface area contributed by atoms with Gasteiger partial charge in [0.15, 0.2) is 0 Å². The van der Waals surface area contributed by atoms with E-state index in [1.165, 1.54) is 104 Å². The lowest BCUT2D eigenvalue weighted by molar-refractivity contribution is -0.188. The molecule has 56 heavy (non-hydrogen) atoms. The van der Waals surface area contributed by atoms with E-state index in [0.29, 0.717) is 5.92 Å². The van der Waals surface area contributed by atoms with Gasteiger partial charge in [0.1, 0.15) is 0 Å². The van der Waals surface area contributed by atoms with E-state index in [1.807, 2.05) is 11.3 Å². The van der Waals surface area contributed by atoms with Gasteiger partial charge in [-0.25, -0.2) is 0 Å². The molecule has 13 rings (SSSR count). The molecule has 5 aromatic carbocycles. The fraction of sp³-hybridized carbons (Fsp3) is 0.444. The fourth-order valence-electron chi connectivity index (χ4n) is 15.8. The molecule has 1 nitrogen and oxygen atoms in total. The van der Waals surface area contributed by atoms with Crippen LogP contribution in [0.2, 0.25) is 0 Å². The number of rotatable bonds is 3. The average Bonchev–Trinajstić information content (AvgIpc) is 3.81. The molecule has 6 saturated carbocycles. The van der Waals surface area contributed by atoms with Gasteiger partial charge in [-0.3, -0.25) is 0 Å². The third-order valence-electron chi connectivity index (χ3n) is 17.6. The maximum absolute atomic E-state index is 2.63. The molecular weight excluding hydrogens is 695 g/mol. The maximum Gasteiger partial charge on any atom is 0.0541 e. The molecule has 0 N–H and O–H groups in total. The van der Waals surface area contributed by atoms with Crippen LogP contribution in [-0.4, -0.2) is 4.57 Å². The second-order valence-corrected chi connectivity index (χ2v) is 20.6. The average molecular weight is 750 g/mol. The Balaban J connectivity index is 0.843. The minimum Gasteiger partial charge on any atom is -0.309 e. The van der Waals surface area contributed by atoms with Crippen molar-refractivity contribution in [2.75, 3.05) is 0 Å². The van der Waals surface area contributed by atoms with Crippen molar-refractivity contribution >= 4 is 53.3 Å². The number of benzene rings is 5. The molecule has 6 aliphatic rings. The van der Waals surface area contributed by atoms with Crippen LogP contribution >= 0.6 is 11.3 Å². The van der Waals surface area contributed by atoms with Crippen LogP contribution < -0.4 is 0 Å². The minimum absolute atomic E-state index is 0.717. The zero-order valence-electron chi connectivity index (χ0n) is 32.8. The Morgan fingerprint density at radius 2 is 1.05 bits per heavy atom. The highest BCUT2D eigenvalue weighted by atomic mass is 32.1. The molecule has 11 atom stereocenters. The van der Waals surface area contributed by atoms with Crippen molar-refractivity contribution < 1.29 is 0 Å². The maximum atomic E-state index is 2.63. The molecule has 7 aromatic rings. The van der Waals surface area contributed by atoms with Crippen molar-refractivity contribution in [3.05, 3.63) is 115 Å². The summed E-state index contributed by atoms with van der Waals surface area (Å²) >= 11 is 1.98. The van der Waals surface area contributed by atoms with Crippen LogP contribution in [0, 0.1) is 59.2 Å². The van der Waals surface area contributed by atoms with Crippen LogP contribution in [0.3, 0.4) is 0 Å². The zero-order valence-corrected chi connectivity index (χ0v) is 33.6. The van der Waals surface area contributed by atoms with Crippen LogP contribution in [0.25, 0.3) is 58.8 Å². The first-order chi connectivity index (χ1) is 27.8. The predicted octanol–water partition coefficient (Wildman–Crippen LogP) is 15.2. The van der Waals surface area contributed by atoms with Gasteiger partial charge in [-0.15, -0.1) is 11.3 Å². The lowest BCUT2D eigenvalue weighted by atomic mass is 9.37. The third kappa shape index (κ3) is 4.78. The summed E-state index contributed by atoms with van der Waals surface area (Å²) in [5.74, 6) is 11.3. The Bertz CT molecular complexity index is 2590. The molecule has 2 heterocycles. The highest BCUT2D eigenvalue weighted by Gasteiger charge is 2.62. The summed E-state index contributed by atoms with van der Waals surface area (Å²) in [4.78, 5) is 0. The lowest BCUT2D eigenvalue weighted by Crippen LogP contribution is -2.61. The summed E-state index contributed by atoms with van der Waals surface area (Å²) in [6.07, 6.45) is 19.9. The summed E-state index contributed by atoms with van der Waals surface area (Å²) < 4.78 is 5.27. The van der Waals surface area contributed by atoms with E-state index >= 15 is 0 Å². The number of fused-ring (bicyclic) bond motifs is 12. The summed E-state index contributed by atoms with van der Waals surface area (Å²) in [6, 6.07) is 41.9. The third-order valence-corrected chi connectivity index (χ3v) is 18.8. The van der Waals surface area contributed by atoms with Gasteiger partial charge in [-0.05, 0) is 170 Å². The number of thiophene rings is 1. The number of nitrogens with zero attached hydrogens (tertiary/aromatic N) is 1. The van der Waals surface area contributed by atoms with Crippen molar-refractivity contribution in [2.24, 2.45) is 59.2 Å². The number of aromatic nitrogens is 1. The molecule has 2 heteroatoms. The molecule has 0 saturated heterocycles. The Labute approximate surface area is 336 Å². The van der Waals surface area contributed by atoms with E-state index in [-0.39, 0.29) is 0 Å².